The van der Waals surface area contributed by atoms with Crippen LogP contribution >= 0.6 is 0 Å². The third kappa shape index (κ3) is 3.35. The number of aromatic nitrogens is 3. The summed E-state index contributed by atoms with van der Waals surface area (Å²) in [5.74, 6) is 0.187. The molecule has 24 heavy (non-hydrogen) atoms. The van der Waals surface area contributed by atoms with E-state index in [9.17, 15) is 9.90 Å². The van der Waals surface area contributed by atoms with Gasteiger partial charge in [-0.1, -0.05) is 6.07 Å². The molecule has 0 aromatic carbocycles. The van der Waals surface area contributed by atoms with E-state index in [4.69, 9.17) is 5.73 Å². The lowest BCUT2D eigenvalue weighted by Gasteiger charge is -2.34. The van der Waals surface area contributed by atoms with E-state index in [0.717, 1.165) is 12.8 Å². The lowest BCUT2D eigenvalue weighted by atomic mass is 9.89. The number of pyridine rings is 1. The number of aryl methyl sites for hydroxylation is 1. The maximum atomic E-state index is 12.6. The van der Waals surface area contributed by atoms with E-state index >= 15 is 0 Å². The zero-order chi connectivity index (χ0) is 17.1. The molecule has 7 heteroatoms. The van der Waals surface area contributed by atoms with Gasteiger partial charge in [0.25, 0.3) is 5.91 Å². The molecule has 1 atom stereocenters. The Morgan fingerprint density at radius 3 is 2.71 bits per heavy atom. The van der Waals surface area contributed by atoms with Crippen molar-refractivity contribution >= 4 is 11.9 Å². The highest BCUT2D eigenvalue weighted by atomic mass is 16.3. The van der Waals surface area contributed by atoms with E-state index in [1.165, 1.54) is 6.20 Å². The highest BCUT2D eigenvalue weighted by Crippen LogP contribution is 2.30. The molecule has 126 valence electrons. The number of rotatable bonds is 3. The SMILES string of the molecule is Cc1nc(N)ncc1C(=O)N1CCC([C@@H](O)c2ccccn2)CC1. The molecule has 2 aromatic rings. The largest absolute Gasteiger partial charge is 0.387 e. The van der Waals surface area contributed by atoms with Gasteiger partial charge in [-0.2, -0.15) is 0 Å². The summed E-state index contributed by atoms with van der Waals surface area (Å²) in [7, 11) is 0. The number of nitrogens with zero attached hydrogens (tertiary/aromatic N) is 4. The summed E-state index contributed by atoms with van der Waals surface area (Å²) in [6.45, 7) is 2.94. The summed E-state index contributed by atoms with van der Waals surface area (Å²) in [4.78, 5) is 26.6. The summed E-state index contributed by atoms with van der Waals surface area (Å²) in [5.41, 5.74) is 7.28. The highest BCUT2D eigenvalue weighted by molar-refractivity contribution is 5.95. The second kappa shape index (κ2) is 6.92. The van der Waals surface area contributed by atoms with Gasteiger partial charge < -0.3 is 15.7 Å². The number of hydrogen-bond donors (Lipinski definition) is 2. The third-order valence-electron chi connectivity index (χ3n) is 4.49. The minimum Gasteiger partial charge on any atom is -0.387 e. The van der Waals surface area contributed by atoms with Gasteiger partial charge in [0.2, 0.25) is 5.95 Å². The molecule has 3 rings (SSSR count). The van der Waals surface area contributed by atoms with Crippen LogP contribution in [0.5, 0.6) is 0 Å². The van der Waals surface area contributed by atoms with Crippen LogP contribution in [-0.2, 0) is 0 Å². The molecule has 0 bridgehead atoms. The van der Waals surface area contributed by atoms with E-state index in [1.807, 2.05) is 18.2 Å². The summed E-state index contributed by atoms with van der Waals surface area (Å²) >= 11 is 0. The van der Waals surface area contributed by atoms with Gasteiger partial charge in [-0.05, 0) is 37.8 Å². The first kappa shape index (κ1) is 16.3. The Balaban J connectivity index is 1.63. The quantitative estimate of drug-likeness (QED) is 0.881. The smallest absolute Gasteiger partial charge is 0.257 e. The average molecular weight is 327 g/mol. The molecule has 0 aliphatic carbocycles. The maximum absolute atomic E-state index is 12.6. The summed E-state index contributed by atoms with van der Waals surface area (Å²) in [6, 6.07) is 5.53. The molecule has 1 amide bonds. The molecule has 3 N–H and O–H groups in total. The van der Waals surface area contributed by atoms with Crippen molar-refractivity contribution in [3.8, 4) is 0 Å². The second-order valence-electron chi connectivity index (χ2n) is 6.06. The lowest BCUT2D eigenvalue weighted by molar-refractivity contribution is 0.0446. The van der Waals surface area contributed by atoms with E-state index in [2.05, 4.69) is 15.0 Å². The first-order valence-corrected chi connectivity index (χ1v) is 8.03. The number of piperidine rings is 1. The monoisotopic (exact) mass is 327 g/mol. The Labute approximate surface area is 140 Å². The molecule has 3 heterocycles. The van der Waals surface area contributed by atoms with Gasteiger partial charge in [0.05, 0.1) is 23.1 Å². The van der Waals surface area contributed by atoms with Gasteiger partial charge in [0, 0.05) is 25.5 Å². The van der Waals surface area contributed by atoms with Crippen molar-refractivity contribution in [2.24, 2.45) is 5.92 Å². The third-order valence-corrected chi connectivity index (χ3v) is 4.49. The highest BCUT2D eigenvalue weighted by Gasteiger charge is 2.29. The van der Waals surface area contributed by atoms with Crippen LogP contribution in [0.25, 0.3) is 0 Å². The number of nitrogens with two attached hydrogens (primary N) is 1. The number of aliphatic hydroxyl groups is 1. The fraction of sp³-hybridized carbons (Fsp3) is 0.412. The number of carbonyl (C=O) groups is 1. The molecular formula is C17H21N5O2. The topological polar surface area (TPSA) is 105 Å². The number of amides is 1. The van der Waals surface area contributed by atoms with Crippen LogP contribution in [0.1, 0.15) is 40.7 Å². The van der Waals surface area contributed by atoms with Crippen LogP contribution < -0.4 is 5.73 Å². The van der Waals surface area contributed by atoms with E-state index in [1.54, 1.807) is 18.0 Å². The minimum atomic E-state index is -0.593. The van der Waals surface area contributed by atoms with Gasteiger partial charge >= 0.3 is 0 Å². The molecule has 1 aliphatic heterocycles. The normalized spacial score (nSPS) is 16.8. The van der Waals surface area contributed by atoms with Gasteiger partial charge in [-0.15, -0.1) is 0 Å². The molecule has 7 nitrogen and oxygen atoms in total. The Morgan fingerprint density at radius 2 is 2.08 bits per heavy atom. The number of anilines is 1. The van der Waals surface area contributed by atoms with Gasteiger partial charge in [0.1, 0.15) is 0 Å². The second-order valence-corrected chi connectivity index (χ2v) is 6.06. The minimum absolute atomic E-state index is 0.0849. The number of carbonyl (C=O) groups excluding carboxylic acids is 1. The Morgan fingerprint density at radius 1 is 1.33 bits per heavy atom. The standard InChI is InChI=1S/C17H21N5O2/c1-11-13(10-20-17(18)21-11)16(24)22-8-5-12(6-9-22)15(23)14-4-2-3-7-19-14/h2-4,7,10,12,15,23H,5-6,8-9H2,1H3,(H2,18,20,21)/t15-/m1/s1. The van der Waals surface area contributed by atoms with Crippen LogP contribution in [0, 0.1) is 12.8 Å². The molecule has 0 radical (unpaired) electrons. The van der Waals surface area contributed by atoms with Gasteiger partial charge in [-0.3, -0.25) is 9.78 Å². The van der Waals surface area contributed by atoms with Crippen LogP contribution in [0.3, 0.4) is 0 Å². The van der Waals surface area contributed by atoms with Crippen molar-refractivity contribution in [1.29, 1.82) is 0 Å². The first-order chi connectivity index (χ1) is 11.6. The van der Waals surface area contributed by atoms with Crippen LogP contribution in [0.2, 0.25) is 0 Å². The molecular weight excluding hydrogens is 306 g/mol. The molecule has 0 spiro atoms. The first-order valence-electron chi connectivity index (χ1n) is 8.03. The molecule has 0 saturated carbocycles. The Bertz CT molecular complexity index is 714. The summed E-state index contributed by atoms with van der Waals surface area (Å²) in [5, 5.41) is 10.5. The van der Waals surface area contributed by atoms with E-state index in [0.29, 0.717) is 30.0 Å². The van der Waals surface area contributed by atoms with Crippen molar-refractivity contribution in [1.82, 2.24) is 19.9 Å². The van der Waals surface area contributed by atoms with E-state index in [-0.39, 0.29) is 17.8 Å². The zero-order valence-corrected chi connectivity index (χ0v) is 13.6. The molecule has 1 aliphatic rings. The van der Waals surface area contributed by atoms with Gasteiger partial charge in [0.15, 0.2) is 0 Å². The number of likely N-dealkylation sites (tertiary alicyclic amines) is 1. The number of hydrogen-bond acceptors (Lipinski definition) is 6. The van der Waals surface area contributed by atoms with Crippen molar-refractivity contribution < 1.29 is 9.90 Å². The van der Waals surface area contributed by atoms with Crippen LogP contribution in [0.4, 0.5) is 5.95 Å². The van der Waals surface area contributed by atoms with Gasteiger partial charge in [-0.25, -0.2) is 9.97 Å². The number of aliphatic hydroxyl groups excluding tert-OH is 1. The lowest BCUT2D eigenvalue weighted by Crippen LogP contribution is -2.40. The average Bonchev–Trinajstić information content (AvgIpc) is 2.61. The number of nitrogen functional groups attached to an aromatic ring is 1. The molecule has 1 saturated heterocycles. The van der Waals surface area contributed by atoms with Crippen molar-refractivity contribution in [3.63, 3.8) is 0 Å². The molecule has 2 aromatic heterocycles. The van der Waals surface area contributed by atoms with Crippen LogP contribution in [0.15, 0.2) is 30.6 Å². The van der Waals surface area contributed by atoms with Crippen molar-refractivity contribution in [3.05, 3.63) is 47.5 Å². The van der Waals surface area contributed by atoms with Crippen LogP contribution in [-0.4, -0.2) is 44.0 Å². The fourth-order valence-corrected chi connectivity index (χ4v) is 3.08. The van der Waals surface area contributed by atoms with E-state index < -0.39 is 6.10 Å². The predicted molar refractivity (Wildman–Crippen MR) is 89.0 cm³/mol. The Kier molecular flexibility index (Phi) is 4.71. The molecule has 1 fully saturated rings. The predicted octanol–water partition coefficient (Wildman–Crippen LogP) is 1.35. The van der Waals surface area contributed by atoms with Crippen molar-refractivity contribution in [2.75, 3.05) is 18.8 Å². The zero-order valence-electron chi connectivity index (χ0n) is 13.6. The Hall–Kier alpha value is -2.54. The summed E-state index contributed by atoms with van der Waals surface area (Å²) < 4.78 is 0. The fourth-order valence-electron chi connectivity index (χ4n) is 3.08. The molecule has 0 unspecified atom stereocenters. The van der Waals surface area contributed by atoms with Crippen molar-refractivity contribution in [2.45, 2.75) is 25.9 Å². The summed E-state index contributed by atoms with van der Waals surface area (Å²) in [6.07, 6.45) is 4.04. The maximum Gasteiger partial charge on any atom is 0.257 e.